The predicted octanol–water partition coefficient (Wildman–Crippen LogP) is 4.14. The van der Waals surface area contributed by atoms with Gasteiger partial charge >= 0.3 is 0 Å². The van der Waals surface area contributed by atoms with E-state index in [9.17, 15) is 18.0 Å². The van der Waals surface area contributed by atoms with Gasteiger partial charge in [-0.25, -0.2) is 8.42 Å². The Hall–Kier alpha value is -3.15. The highest BCUT2D eigenvalue weighted by Gasteiger charge is 2.28. The lowest BCUT2D eigenvalue weighted by atomic mass is 10.0. The van der Waals surface area contributed by atoms with Crippen molar-refractivity contribution in [1.82, 2.24) is 10.3 Å². The van der Waals surface area contributed by atoms with Gasteiger partial charge in [0, 0.05) is 44.8 Å². The molecule has 9 nitrogen and oxygen atoms in total. The van der Waals surface area contributed by atoms with Gasteiger partial charge in [0.05, 0.1) is 41.6 Å². The summed E-state index contributed by atoms with van der Waals surface area (Å²) in [4.78, 5) is 28.8. The molecule has 206 valence electrons. The lowest BCUT2D eigenvalue weighted by molar-refractivity contribution is -0.110. The summed E-state index contributed by atoms with van der Waals surface area (Å²) in [6.07, 6.45) is 1.60. The zero-order valence-electron chi connectivity index (χ0n) is 21.2. The van der Waals surface area contributed by atoms with Crippen LogP contribution >= 0.6 is 23.2 Å². The van der Waals surface area contributed by atoms with Crippen LogP contribution < -0.4 is 10.6 Å². The molecule has 0 unspecified atom stereocenters. The molecule has 1 aromatic heterocycles. The van der Waals surface area contributed by atoms with Crippen LogP contribution in [0.4, 0.5) is 5.69 Å². The average molecular weight is 593 g/mol. The highest BCUT2D eigenvalue weighted by molar-refractivity contribution is 7.90. The topological polar surface area (TPSA) is 138 Å². The second kappa shape index (κ2) is 11.9. The van der Waals surface area contributed by atoms with Gasteiger partial charge in [-0.3, -0.25) is 9.59 Å². The number of aromatic amines is 1. The Morgan fingerprint density at radius 3 is 2.54 bits per heavy atom. The van der Waals surface area contributed by atoms with Crippen molar-refractivity contribution in [1.29, 1.82) is 0 Å². The number of ether oxygens (including phenoxy) is 1. The van der Waals surface area contributed by atoms with E-state index < -0.39 is 21.5 Å². The number of amides is 2. The molecule has 0 saturated carbocycles. The molecule has 12 heteroatoms. The van der Waals surface area contributed by atoms with Gasteiger partial charge < -0.3 is 25.5 Å². The second-order valence-electron chi connectivity index (χ2n) is 8.93. The zero-order chi connectivity index (χ0) is 28.3. The van der Waals surface area contributed by atoms with E-state index in [4.69, 9.17) is 33.0 Å². The fourth-order valence-corrected chi connectivity index (χ4v) is 6.46. The summed E-state index contributed by atoms with van der Waals surface area (Å²) < 4.78 is 31.7. The summed E-state index contributed by atoms with van der Waals surface area (Å²) in [5, 5.41) is 14.8. The molecule has 0 saturated heterocycles. The number of nitrogens with one attached hydrogen (secondary N) is 3. The molecule has 0 bridgehead atoms. The van der Waals surface area contributed by atoms with Gasteiger partial charge in [-0.2, -0.15) is 0 Å². The van der Waals surface area contributed by atoms with E-state index in [0.29, 0.717) is 39.3 Å². The monoisotopic (exact) mass is 591 g/mol. The predicted molar refractivity (Wildman–Crippen MR) is 151 cm³/mol. The minimum absolute atomic E-state index is 0.0162. The Balaban J connectivity index is 1.63. The van der Waals surface area contributed by atoms with Crippen molar-refractivity contribution < 1.29 is 27.9 Å². The van der Waals surface area contributed by atoms with Crippen LogP contribution in [-0.4, -0.2) is 56.7 Å². The van der Waals surface area contributed by atoms with Crippen molar-refractivity contribution in [2.45, 2.75) is 24.5 Å². The Morgan fingerprint density at radius 1 is 1.13 bits per heavy atom. The molecule has 0 aliphatic carbocycles. The summed E-state index contributed by atoms with van der Waals surface area (Å²) in [6.45, 7) is 4.13. The highest BCUT2D eigenvalue weighted by atomic mass is 35.5. The van der Waals surface area contributed by atoms with Crippen molar-refractivity contribution in [2.24, 2.45) is 0 Å². The summed E-state index contributed by atoms with van der Waals surface area (Å²) in [5.41, 5.74) is 3.68. The number of sulfone groups is 1. The van der Waals surface area contributed by atoms with Gasteiger partial charge in [0.2, 0.25) is 0 Å². The first-order valence-electron chi connectivity index (χ1n) is 12.0. The van der Waals surface area contributed by atoms with Crippen LogP contribution in [0.2, 0.25) is 10.0 Å². The number of rotatable bonds is 10. The highest BCUT2D eigenvalue weighted by Crippen LogP contribution is 2.37. The Morgan fingerprint density at radius 2 is 1.85 bits per heavy atom. The molecule has 4 rings (SSSR count). The number of carbonyl (C=O) groups excluding carboxylic acids is 2. The van der Waals surface area contributed by atoms with Gasteiger partial charge in [-0.05, 0) is 55.8 Å². The number of H-pyrrole nitrogens is 1. The molecule has 4 N–H and O–H groups in total. The summed E-state index contributed by atoms with van der Waals surface area (Å²) in [6, 6.07) is 9.20. The van der Waals surface area contributed by atoms with Gasteiger partial charge in [-0.15, -0.1) is 0 Å². The summed E-state index contributed by atoms with van der Waals surface area (Å²) in [7, 11) is -3.85. The maximum Gasteiger partial charge on any atom is 0.256 e. The van der Waals surface area contributed by atoms with Crippen molar-refractivity contribution >= 4 is 62.2 Å². The second-order valence-corrected chi connectivity index (χ2v) is 11.7. The minimum atomic E-state index is -3.85. The van der Waals surface area contributed by atoms with Crippen LogP contribution in [0.3, 0.4) is 0 Å². The van der Waals surface area contributed by atoms with E-state index in [2.05, 4.69) is 15.6 Å². The number of aliphatic hydroxyl groups excluding tert-OH is 1. The molecule has 0 atom stereocenters. The number of carbonyl (C=O) groups is 2. The number of aliphatic hydroxyl groups is 1. The molecule has 1 aliphatic heterocycles. The molecule has 1 aliphatic rings. The number of aromatic nitrogens is 1. The first-order chi connectivity index (χ1) is 18.5. The molecule has 2 aromatic carbocycles. The molecule has 2 heterocycles. The third kappa shape index (κ3) is 6.21. The number of halogens is 2. The van der Waals surface area contributed by atoms with Crippen LogP contribution in [0, 0.1) is 13.8 Å². The van der Waals surface area contributed by atoms with Gasteiger partial charge in [-0.1, -0.05) is 29.3 Å². The number of fused-ring (bicyclic) bond motifs is 1. The molecule has 2 amide bonds. The lowest BCUT2D eigenvalue weighted by Crippen LogP contribution is -2.28. The van der Waals surface area contributed by atoms with Crippen LogP contribution in [0.15, 0.2) is 41.3 Å². The van der Waals surface area contributed by atoms with E-state index in [1.54, 1.807) is 44.2 Å². The van der Waals surface area contributed by atoms with E-state index in [1.807, 2.05) is 0 Å². The van der Waals surface area contributed by atoms with E-state index in [1.165, 1.54) is 12.1 Å². The number of hydrogen-bond donors (Lipinski definition) is 4. The Labute approximate surface area is 236 Å². The quantitative estimate of drug-likeness (QED) is 0.206. The van der Waals surface area contributed by atoms with Crippen molar-refractivity contribution in [3.05, 3.63) is 80.1 Å². The van der Waals surface area contributed by atoms with E-state index >= 15 is 0 Å². The number of benzene rings is 2. The minimum Gasteiger partial charge on any atom is -0.394 e. The molecule has 0 fully saturated rings. The molecular formula is C27H27Cl2N3O6S. The summed E-state index contributed by atoms with van der Waals surface area (Å²) in [5.74, 6) is -1.10. The van der Waals surface area contributed by atoms with Gasteiger partial charge in [0.25, 0.3) is 11.8 Å². The Kier molecular flexibility index (Phi) is 8.83. The Bertz CT molecular complexity index is 1560. The molecular weight excluding hydrogens is 565 g/mol. The molecule has 0 spiro atoms. The first kappa shape index (κ1) is 28.8. The molecule has 39 heavy (non-hydrogen) atoms. The zero-order valence-corrected chi connectivity index (χ0v) is 23.6. The maximum absolute atomic E-state index is 13.3. The molecule has 3 aromatic rings. The number of anilines is 1. The molecule has 0 radical (unpaired) electrons. The fraction of sp³-hybridized carbons (Fsp3) is 0.259. The van der Waals surface area contributed by atoms with Crippen LogP contribution in [0.5, 0.6) is 0 Å². The van der Waals surface area contributed by atoms with Gasteiger partial charge in [0.1, 0.15) is 0 Å². The standard InChI is InChI=1S/C27H27Cl2N3O6S/c1-15-24(31-16(2)25(15)27(35)30-8-10-38-11-9-33)13-19-18-12-17(6-7-23(18)32-26(19)34)39(36,37)14-20-21(28)4-3-5-22(20)29/h3-7,12-13,31,33H,8-11,14H2,1-2H3,(H,30,35)(H,32,34). The lowest BCUT2D eigenvalue weighted by Gasteiger charge is -2.10. The van der Waals surface area contributed by atoms with Crippen molar-refractivity contribution in [2.75, 3.05) is 31.7 Å². The van der Waals surface area contributed by atoms with Crippen molar-refractivity contribution in [3.63, 3.8) is 0 Å². The SMILES string of the molecule is Cc1[nH]c(C=C2C(=O)Nc3ccc(S(=O)(=O)Cc4c(Cl)cccc4Cl)cc32)c(C)c1C(=O)NCCOCCO. The normalized spacial score (nSPS) is 14.0. The largest absolute Gasteiger partial charge is 0.394 e. The average Bonchev–Trinajstić information content (AvgIpc) is 3.35. The third-order valence-corrected chi connectivity index (χ3v) is 8.64. The summed E-state index contributed by atoms with van der Waals surface area (Å²) >= 11 is 12.4. The van der Waals surface area contributed by atoms with Crippen LogP contribution in [0.25, 0.3) is 11.6 Å². The smallest absolute Gasteiger partial charge is 0.256 e. The number of hydrogen-bond acceptors (Lipinski definition) is 6. The van der Waals surface area contributed by atoms with Crippen molar-refractivity contribution in [3.8, 4) is 0 Å². The number of aryl methyl sites for hydroxylation is 1. The van der Waals surface area contributed by atoms with E-state index in [-0.39, 0.29) is 52.8 Å². The fourth-order valence-electron chi connectivity index (χ4n) is 4.34. The van der Waals surface area contributed by atoms with E-state index in [0.717, 1.165) is 0 Å². The van der Waals surface area contributed by atoms with Crippen LogP contribution in [0.1, 0.15) is 38.4 Å². The van der Waals surface area contributed by atoms with Crippen LogP contribution in [-0.2, 0) is 25.1 Å². The van der Waals surface area contributed by atoms with Gasteiger partial charge in [0.15, 0.2) is 9.84 Å². The third-order valence-electron chi connectivity index (χ3n) is 6.29. The maximum atomic E-state index is 13.3. The first-order valence-corrected chi connectivity index (χ1v) is 14.4.